The lowest BCUT2D eigenvalue weighted by molar-refractivity contribution is 0.0786. The molecule has 0 unspecified atom stereocenters. The van der Waals surface area contributed by atoms with Crippen LogP contribution < -0.4 is 5.73 Å². The summed E-state index contributed by atoms with van der Waals surface area (Å²) < 4.78 is 0. The molecule has 2 aromatic rings. The Bertz CT molecular complexity index is 663. The third-order valence-corrected chi connectivity index (χ3v) is 4.57. The Labute approximate surface area is 147 Å². The highest BCUT2D eigenvalue weighted by Crippen LogP contribution is 2.32. The molecular formula is C18H20Cl2N2O. The zero-order valence-electron chi connectivity index (χ0n) is 12.7. The van der Waals surface area contributed by atoms with Crippen LogP contribution in [0.2, 0.25) is 5.02 Å². The first kappa shape index (κ1) is 17.8. The summed E-state index contributed by atoms with van der Waals surface area (Å²) in [5.41, 5.74) is 7.81. The first-order chi connectivity index (χ1) is 10.7. The van der Waals surface area contributed by atoms with Crippen molar-refractivity contribution in [3.05, 3.63) is 70.7 Å². The van der Waals surface area contributed by atoms with E-state index < -0.39 is 0 Å². The molecule has 0 bridgehead atoms. The summed E-state index contributed by atoms with van der Waals surface area (Å²) in [6, 6.07) is 17.4. The molecule has 23 heavy (non-hydrogen) atoms. The van der Waals surface area contributed by atoms with E-state index in [4.69, 9.17) is 17.3 Å². The van der Waals surface area contributed by atoms with Gasteiger partial charge in [-0.15, -0.1) is 12.4 Å². The minimum Gasteiger partial charge on any atom is -0.338 e. The molecule has 1 aliphatic rings. The second kappa shape index (κ2) is 7.82. The third-order valence-electron chi connectivity index (χ3n) is 4.33. The van der Waals surface area contributed by atoms with E-state index in [2.05, 4.69) is 12.1 Å². The van der Waals surface area contributed by atoms with Crippen molar-refractivity contribution >= 4 is 29.9 Å². The number of nitrogens with zero attached hydrogens (tertiary/aromatic N) is 1. The number of rotatable bonds is 3. The van der Waals surface area contributed by atoms with Crippen molar-refractivity contribution in [1.29, 1.82) is 0 Å². The lowest BCUT2D eigenvalue weighted by atomic mass is 9.89. The second-order valence-electron chi connectivity index (χ2n) is 5.73. The molecule has 3 nitrogen and oxygen atoms in total. The molecule has 0 spiro atoms. The summed E-state index contributed by atoms with van der Waals surface area (Å²) in [4.78, 5) is 14.6. The maximum absolute atomic E-state index is 12.7. The monoisotopic (exact) mass is 350 g/mol. The molecule has 122 valence electrons. The SMILES string of the molecule is Cl.NC[C@@H]1CN(C(=O)c2cccc(Cl)c2)C[C@H]1c1ccccc1. The van der Waals surface area contributed by atoms with Crippen molar-refractivity contribution in [2.45, 2.75) is 5.92 Å². The van der Waals surface area contributed by atoms with Crippen LogP contribution >= 0.6 is 24.0 Å². The standard InChI is InChI=1S/C18H19ClN2O.ClH/c19-16-8-4-7-14(9-16)18(22)21-11-15(10-20)17(12-21)13-5-2-1-3-6-13;/h1-9,15,17H,10-12,20H2;1H/t15-,17+;/m1./s1. The van der Waals surface area contributed by atoms with Gasteiger partial charge in [0, 0.05) is 29.6 Å². The van der Waals surface area contributed by atoms with Crippen molar-refractivity contribution in [2.24, 2.45) is 11.7 Å². The van der Waals surface area contributed by atoms with E-state index in [9.17, 15) is 4.79 Å². The minimum atomic E-state index is 0. The van der Waals surface area contributed by atoms with Crippen LogP contribution in [0.5, 0.6) is 0 Å². The molecule has 1 saturated heterocycles. The normalized spacial score (nSPS) is 20.2. The highest BCUT2D eigenvalue weighted by molar-refractivity contribution is 6.30. The molecule has 2 atom stereocenters. The Morgan fingerprint density at radius 2 is 1.87 bits per heavy atom. The van der Waals surface area contributed by atoms with Gasteiger partial charge in [-0.1, -0.05) is 48.0 Å². The van der Waals surface area contributed by atoms with E-state index >= 15 is 0 Å². The highest BCUT2D eigenvalue weighted by atomic mass is 35.5. The smallest absolute Gasteiger partial charge is 0.253 e. The number of benzene rings is 2. The number of likely N-dealkylation sites (tertiary alicyclic amines) is 1. The molecule has 3 rings (SSSR count). The highest BCUT2D eigenvalue weighted by Gasteiger charge is 2.35. The number of halogens is 2. The van der Waals surface area contributed by atoms with Crippen LogP contribution in [0.4, 0.5) is 0 Å². The molecule has 0 aliphatic carbocycles. The fourth-order valence-electron chi connectivity index (χ4n) is 3.16. The van der Waals surface area contributed by atoms with Crippen molar-refractivity contribution in [1.82, 2.24) is 4.90 Å². The molecule has 2 N–H and O–H groups in total. The summed E-state index contributed by atoms with van der Waals surface area (Å²) in [7, 11) is 0. The molecule has 0 radical (unpaired) electrons. The molecular weight excluding hydrogens is 331 g/mol. The van der Waals surface area contributed by atoms with Gasteiger partial charge >= 0.3 is 0 Å². The van der Waals surface area contributed by atoms with Crippen molar-refractivity contribution in [3.8, 4) is 0 Å². The Kier molecular flexibility index (Phi) is 6.05. The van der Waals surface area contributed by atoms with E-state index in [0.29, 0.717) is 42.1 Å². The molecule has 2 aromatic carbocycles. The Hall–Kier alpha value is -1.55. The van der Waals surface area contributed by atoms with Gasteiger partial charge in [-0.2, -0.15) is 0 Å². The summed E-state index contributed by atoms with van der Waals surface area (Å²) in [5, 5.41) is 0.583. The molecule has 5 heteroatoms. The predicted molar refractivity (Wildman–Crippen MR) is 96.3 cm³/mol. The largest absolute Gasteiger partial charge is 0.338 e. The van der Waals surface area contributed by atoms with Crippen molar-refractivity contribution < 1.29 is 4.79 Å². The number of carbonyl (C=O) groups excluding carboxylic acids is 1. The summed E-state index contributed by atoms with van der Waals surface area (Å²) in [6.07, 6.45) is 0. The van der Waals surface area contributed by atoms with Crippen LogP contribution in [-0.2, 0) is 0 Å². The minimum absolute atomic E-state index is 0. The Morgan fingerprint density at radius 1 is 1.13 bits per heavy atom. The van der Waals surface area contributed by atoms with E-state index in [1.54, 1.807) is 18.2 Å². The van der Waals surface area contributed by atoms with Gasteiger partial charge in [-0.25, -0.2) is 0 Å². The number of amides is 1. The number of carbonyl (C=O) groups is 1. The zero-order chi connectivity index (χ0) is 15.5. The van der Waals surface area contributed by atoms with Gasteiger partial charge < -0.3 is 10.6 Å². The Morgan fingerprint density at radius 3 is 2.52 bits per heavy atom. The van der Waals surface area contributed by atoms with Crippen LogP contribution in [0.1, 0.15) is 21.8 Å². The lowest BCUT2D eigenvalue weighted by Gasteiger charge is -2.17. The molecule has 1 heterocycles. The first-order valence-electron chi connectivity index (χ1n) is 7.49. The quantitative estimate of drug-likeness (QED) is 0.919. The van der Waals surface area contributed by atoms with E-state index in [-0.39, 0.29) is 18.3 Å². The lowest BCUT2D eigenvalue weighted by Crippen LogP contribution is -2.29. The van der Waals surface area contributed by atoms with E-state index in [1.807, 2.05) is 29.2 Å². The first-order valence-corrected chi connectivity index (χ1v) is 7.86. The molecule has 1 fully saturated rings. The number of hydrogen-bond donors (Lipinski definition) is 1. The van der Waals surface area contributed by atoms with Gasteiger partial charge in [0.25, 0.3) is 5.91 Å². The molecule has 1 aliphatic heterocycles. The van der Waals surface area contributed by atoms with Crippen LogP contribution in [-0.4, -0.2) is 30.4 Å². The van der Waals surface area contributed by atoms with Crippen molar-refractivity contribution in [3.63, 3.8) is 0 Å². The topological polar surface area (TPSA) is 46.3 Å². The average molecular weight is 351 g/mol. The van der Waals surface area contributed by atoms with Gasteiger partial charge in [-0.05, 0) is 36.2 Å². The van der Waals surface area contributed by atoms with Gasteiger partial charge in [-0.3, -0.25) is 4.79 Å². The summed E-state index contributed by atoms with van der Waals surface area (Å²) in [6.45, 7) is 1.98. The zero-order valence-corrected chi connectivity index (χ0v) is 14.3. The van der Waals surface area contributed by atoms with Crippen LogP contribution in [0.15, 0.2) is 54.6 Å². The predicted octanol–water partition coefficient (Wildman–Crippen LogP) is 3.58. The molecule has 0 aromatic heterocycles. The van der Waals surface area contributed by atoms with Crippen LogP contribution in [0.3, 0.4) is 0 Å². The number of nitrogens with two attached hydrogens (primary N) is 1. The third kappa shape index (κ3) is 3.86. The maximum atomic E-state index is 12.7. The van der Waals surface area contributed by atoms with Crippen LogP contribution in [0.25, 0.3) is 0 Å². The fourth-order valence-corrected chi connectivity index (χ4v) is 3.35. The summed E-state index contributed by atoms with van der Waals surface area (Å²) in [5.74, 6) is 0.624. The summed E-state index contributed by atoms with van der Waals surface area (Å²) >= 11 is 5.99. The average Bonchev–Trinajstić information content (AvgIpc) is 2.99. The maximum Gasteiger partial charge on any atom is 0.253 e. The molecule has 0 saturated carbocycles. The number of hydrogen-bond acceptors (Lipinski definition) is 2. The van der Waals surface area contributed by atoms with Gasteiger partial charge in [0.15, 0.2) is 0 Å². The van der Waals surface area contributed by atoms with Crippen LogP contribution in [0, 0.1) is 5.92 Å². The van der Waals surface area contributed by atoms with Gasteiger partial charge in [0.05, 0.1) is 0 Å². The van der Waals surface area contributed by atoms with E-state index in [1.165, 1.54) is 5.56 Å². The fraction of sp³-hybridized carbons (Fsp3) is 0.278. The van der Waals surface area contributed by atoms with Gasteiger partial charge in [0.2, 0.25) is 0 Å². The Balaban J connectivity index is 0.00000192. The second-order valence-corrected chi connectivity index (χ2v) is 6.17. The van der Waals surface area contributed by atoms with E-state index in [0.717, 1.165) is 0 Å². The molecule has 1 amide bonds. The van der Waals surface area contributed by atoms with Gasteiger partial charge in [0.1, 0.15) is 0 Å². The van der Waals surface area contributed by atoms with Crippen molar-refractivity contribution in [2.75, 3.05) is 19.6 Å².